The molecule has 1 aromatic heterocycles. The van der Waals surface area contributed by atoms with Crippen molar-refractivity contribution < 1.29 is 29.0 Å². The van der Waals surface area contributed by atoms with E-state index in [0.717, 1.165) is 22.6 Å². The number of carbonyl (C=O) groups is 3. The summed E-state index contributed by atoms with van der Waals surface area (Å²) in [6.45, 7) is 3.88. The van der Waals surface area contributed by atoms with Crippen LogP contribution in [0, 0.1) is 12.3 Å². The zero-order chi connectivity index (χ0) is 20.8. The first-order valence-electron chi connectivity index (χ1n) is 9.94. The predicted octanol–water partition coefficient (Wildman–Crippen LogP) is 3.90. The maximum atomic E-state index is 12.9. The first-order chi connectivity index (χ1) is 13.8. The van der Waals surface area contributed by atoms with Gasteiger partial charge < -0.3 is 14.6 Å². The van der Waals surface area contributed by atoms with Gasteiger partial charge in [-0.2, -0.15) is 0 Å². The van der Waals surface area contributed by atoms with Gasteiger partial charge in [0.2, 0.25) is 5.78 Å². The second kappa shape index (κ2) is 7.44. The van der Waals surface area contributed by atoms with E-state index in [0.29, 0.717) is 19.3 Å². The van der Waals surface area contributed by atoms with E-state index in [2.05, 4.69) is 0 Å². The summed E-state index contributed by atoms with van der Waals surface area (Å²) >= 11 is 1.54. The molecule has 0 radical (unpaired) electrons. The Morgan fingerprint density at radius 3 is 2.48 bits per heavy atom. The summed E-state index contributed by atoms with van der Waals surface area (Å²) in [6.07, 6.45) is 4.30. The van der Waals surface area contributed by atoms with Crippen LogP contribution in [0.2, 0.25) is 0 Å². The molecular formula is C22H24O6S. The van der Waals surface area contributed by atoms with Crippen molar-refractivity contribution in [2.75, 3.05) is 0 Å². The van der Waals surface area contributed by atoms with Crippen LogP contribution in [0.4, 0.5) is 0 Å². The number of aliphatic hydroxyl groups is 1. The van der Waals surface area contributed by atoms with Crippen molar-refractivity contribution in [1.82, 2.24) is 0 Å². The van der Waals surface area contributed by atoms with E-state index in [4.69, 9.17) is 9.47 Å². The number of hydrogen-bond donors (Lipinski definition) is 1. The van der Waals surface area contributed by atoms with Crippen LogP contribution in [0.3, 0.4) is 0 Å². The molecule has 0 amide bonds. The van der Waals surface area contributed by atoms with Crippen LogP contribution in [0.1, 0.15) is 54.7 Å². The molecule has 1 saturated carbocycles. The molecule has 3 unspecified atom stereocenters. The summed E-state index contributed by atoms with van der Waals surface area (Å²) in [5, 5.41) is 10.6. The molecule has 2 aliphatic heterocycles. The molecule has 3 aliphatic rings. The Hall–Kier alpha value is -2.41. The monoisotopic (exact) mass is 416 g/mol. The first-order valence-corrected chi connectivity index (χ1v) is 10.8. The van der Waals surface area contributed by atoms with Crippen LogP contribution < -0.4 is 0 Å². The van der Waals surface area contributed by atoms with E-state index < -0.39 is 29.7 Å². The molecule has 0 saturated heterocycles. The third-order valence-corrected chi connectivity index (χ3v) is 7.21. The number of ether oxygens (including phenoxy) is 2. The van der Waals surface area contributed by atoms with E-state index in [9.17, 15) is 19.5 Å². The third-order valence-electron chi connectivity index (χ3n) is 6.10. The topological polar surface area (TPSA) is 89.9 Å². The molecular weight excluding hydrogens is 392 g/mol. The molecule has 3 heterocycles. The highest BCUT2D eigenvalue weighted by Crippen LogP contribution is 2.55. The van der Waals surface area contributed by atoms with Crippen LogP contribution in [0.15, 0.2) is 35.8 Å². The van der Waals surface area contributed by atoms with Gasteiger partial charge in [0.05, 0.1) is 11.8 Å². The molecule has 1 fully saturated rings. The second-order valence-corrected chi connectivity index (χ2v) is 9.49. The van der Waals surface area contributed by atoms with Gasteiger partial charge in [-0.3, -0.25) is 9.59 Å². The lowest BCUT2D eigenvalue weighted by Crippen LogP contribution is -2.39. The molecule has 6 nitrogen and oxygen atoms in total. The Kier molecular flexibility index (Phi) is 5.11. The minimum Gasteiger partial charge on any atom is -0.504 e. The molecule has 0 spiro atoms. The van der Waals surface area contributed by atoms with Crippen molar-refractivity contribution in [2.24, 2.45) is 5.41 Å². The van der Waals surface area contributed by atoms with Crippen LogP contribution in [-0.4, -0.2) is 34.9 Å². The predicted molar refractivity (Wildman–Crippen MR) is 107 cm³/mol. The molecule has 0 aromatic carbocycles. The minimum atomic E-state index is -1.01. The zero-order valence-corrected chi connectivity index (χ0v) is 17.3. The average molecular weight is 416 g/mol. The van der Waals surface area contributed by atoms with Gasteiger partial charge in [-0.15, -0.1) is 11.3 Å². The molecule has 29 heavy (non-hydrogen) atoms. The van der Waals surface area contributed by atoms with Crippen LogP contribution in [0.25, 0.3) is 0 Å². The quantitative estimate of drug-likeness (QED) is 0.678. The van der Waals surface area contributed by atoms with Crippen LogP contribution in [0.5, 0.6) is 0 Å². The summed E-state index contributed by atoms with van der Waals surface area (Å²) < 4.78 is 10.8. The van der Waals surface area contributed by atoms with Crippen molar-refractivity contribution in [3.8, 4) is 0 Å². The normalized spacial score (nSPS) is 26.5. The van der Waals surface area contributed by atoms with Crippen molar-refractivity contribution in [2.45, 2.75) is 64.1 Å². The fourth-order valence-electron chi connectivity index (χ4n) is 4.24. The lowest BCUT2D eigenvalue weighted by Gasteiger charge is -2.29. The van der Waals surface area contributed by atoms with Gasteiger partial charge in [0, 0.05) is 21.7 Å². The number of cyclic esters (lactones) is 1. The first kappa shape index (κ1) is 19.9. The lowest BCUT2D eigenvalue weighted by atomic mass is 9.85. The summed E-state index contributed by atoms with van der Waals surface area (Å²) in [6, 6.07) is 3.88. The number of aliphatic hydroxyl groups excluding tert-OH is 1. The Labute approximate surface area is 173 Å². The SMILES string of the molecule is CCC(C1=C(O)C(=O)C(CC2(CC3OC=CC3=O)CC2)OC1=O)c1ccc(C)s1. The van der Waals surface area contributed by atoms with E-state index in [-0.39, 0.29) is 22.7 Å². The second-order valence-electron chi connectivity index (χ2n) is 8.17. The van der Waals surface area contributed by atoms with Crippen LogP contribution >= 0.6 is 11.3 Å². The van der Waals surface area contributed by atoms with Gasteiger partial charge in [-0.1, -0.05) is 6.92 Å². The van der Waals surface area contributed by atoms with Crippen LogP contribution in [-0.2, 0) is 23.9 Å². The standard InChI is InChI=1S/C22H24O6S/c1-3-13(17-5-4-12(2)29-17)18-20(25)19(24)16(28-21(18)26)11-22(7-8-22)10-15-14(23)6-9-27-15/h4-6,9,13,15-16,25H,3,7-8,10-11H2,1-2H3. The summed E-state index contributed by atoms with van der Waals surface area (Å²) in [7, 11) is 0. The molecule has 1 N–H and O–H groups in total. The van der Waals surface area contributed by atoms with Gasteiger partial charge in [0.25, 0.3) is 0 Å². The third kappa shape index (κ3) is 3.75. The molecule has 1 aromatic rings. The summed E-state index contributed by atoms with van der Waals surface area (Å²) in [5.41, 5.74) is -0.210. The fourth-order valence-corrected chi connectivity index (χ4v) is 5.31. The molecule has 4 rings (SSSR count). The number of Topliss-reactive ketones (excluding diaryl/α,β-unsaturated/α-hetero) is 1. The number of rotatable bonds is 7. The molecule has 1 aliphatic carbocycles. The number of carbonyl (C=O) groups excluding carboxylic acids is 3. The number of aryl methyl sites for hydroxylation is 1. The highest BCUT2D eigenvalue weighted by molar-refractivity contribution is 7.12. The minimum absolute atomic E-state index is 0.0546. The van der Waals surface area contributed by atoms with E-state index in [1.165, 1.54) is 12.3 Å². The van der Waals surface area contributed by atoms with E-state index in [1.807, 2.05) is 26.0 Å². The Bertz CT molecular complexity index is 919. The average Bonchev–Trinajstić information content (AvgIpc) is 3.10. The largest absolute Gasteiger partial charge is 0.504 e. The fraction of sp³-hybridized carbons (Fsp3) is 0.500. The van der Waals surface area contributed by atoms with Crippen molar-refractivity contribution in [3.63, 3.8) is 0 Å². The lowest BCUT2D eigenvalue weighted by molar-refractivity contribution is -0.156. The molecule has 7 heteroatoms. The number of esters is 1. The molecule has 0 bridgehead atoms. The number of hydrogen-bond acceptors (Lipinski definition) is 7. The Balaban J connectivity index is 1.52. The maximum Gasteiger partial charge on any atom is 0.339 e. The molecule has 154 valence electrons. The highest BCUT2D eigenvalue weighted by Gasteiger charge is 2.51. The highest BCUT2D eigenvalue weighted by atomic mass is 32.1. The number of ketones is 2. The zero-order valence-electron chi connectivity index (χ0n) is 16.5. The van der Waals surface area contributed by atoms with Gasteiger partial charge >= 0.3 is 5.97 Å². The van der Waals surface area contributed by atoms with E-state index >= 15 is 0 Å². The summed E-state index contributed by atoms with van der Waals surface area (Å²) in [4.78, 5) is 39.5. The Morgan fingerprint density at radius 2 is 1.93 bits per heavy atom. The Morgan fingerprint density at radius 1 is 1.21 bits per heavy atom. The molecule has 3 atom stereocenters. The van der Waals surface area contributed by atoms with Gasteiger partial charge in [0.1, 0.15) is 0 Å². The van der Waals surface area contributed by atoms with Crippen molar-refractivity contribution in [1.29, 1.82) is 0 Å². The smallest absolute Gasteiger partial charge is 0.339 e. The maximum absolute atomic E-state index is 12.9. The van der Waals surface area contributed by atoms with Gasteiger partial charge in [0.15, 0.2) is 23.8 Å². The van der Waals surface area contributed by atoms with Crippen molar-refractivity contribution >= 4 is 28.9 Å². The van der Waals surface area contributed by atoms with E-state index in [1.54, 1.807) is 11.3 Å². The number of thiophene rings is 1. The van der Waals surface area contributed by atoms with Gasteiger partial charge in [-0.25, -0.2) is 4.79 Å². The van der Waals surface area contributed by atoms with Gasteiger partial charge in [-0.05, 0) is 56.6 Å². The van der Waals surface area contributed by atoms with Crippen molar-refractivity contribution in [3.05, 3.63) is 45.6 Å². The summed E-state index contributed by atoms with van der Waals surface area (Å²) in [5.74, 6) is -2.10.